The Morgan fingerprint density at radius 3 is 2.41 bits per heavy atom. The Labute approximate surface area is 376 Å². The van der Waals surface area contributed by atoms with E-state index in [0.717, 1.165) is 54.1 Å². The molecule has 2 aromatic heterocycles. The van der Waals surface area contributed by atoms with Crippen LogP contribution in [0.4, 0.5) is 0 Å². The van der Waals surface area contributed by atoms with E-state index in [2.05, 4.69) is 39.6 Å². The number of imide groups is 2. The third-order valence-corrected chi connectivity index (χ3v) is 14.8. The van der Waals surface area contributed by atoms with E-state index in [-0.39, 0.29) is 86.3 Å². The summed E-state index contributed by atoms with van der Waals surface area (Å²) < 4.78 is 16.7. The first-order chi connectivity index (χ1) is 31.8. The number of rotatable bonds is 11. The number of fused-ring (bicyclic) bond motifs is 12. The Balaban J connectivity index is 0.801. The van der Waals surface area contributed by atoms with Crippen molar-refractivity contribution in [1.29, 1.82) is 0 Å². The zero-order chi connectivity index (χ0) is 46.0. The van der Waals surface area contributed by atoms with Crippen LogP contribution in [0.3, 0.4) is 0 Å². The van der Waals surface area contributed by atoms with Crippen LogP contribution in [0.2, 0.25) is 0 Å². The van der Waals surface area contributed by atoms with E-state index in [1.54, 1.807) is 25.1 Å². The number of benzene rings is 4. The van der Waals surface area contributed by atoms with Crippen molar-refractivity contribution in [3.05, 3.63) is 89.0 Å². The van der Waals surface area contributed by atoms with Crippen LogP contribution in [-0.4, -0.2) is 110 Å². The molecule has 1 saturated carbocycles. The maximum atomic E-state index is 14.2. The van der Waals surface area contributed by atoms with Crippen molar-refractivity contribution >= 4 is 85.0 Å². The van der Waals surface area contributed by atoms with E-state index in [1.165, 1.54) is 12.1 Å². The normalized spacial score (nSPS) is 24.3. The highest BCUT2D eigenvalue weighted by molar-refractivity contribution is 6.31. The fourth-order valence-electron chi connectivity index (χ4n) is 11.7. The molecule has 1 aliphatic carbocycles. The predicted molar refractivity (Wildman–Crippen MR) is 240 cm³/mol. The van der Waals surface area contributed by atoms with E-state index >= 15 is 0 Å². The van der Waals surface area contributed by atoms with Crippen LogP contribution in [0, 0.1) is 0 Å². The number of methoxy groups -OCH3 is 1. The van der Waals surface area contributed by atoms with Crippen molar-refractivity contribution in [1.82, 2.24) is 34.9 Å². The van der Waals surface area contributed by atoms with Gasteiger partial charge in [-0.3, -0.25) is 43.8 Å². The van der Waals surface area contributed by atoms with Gasteiger partial charge in [-0.1, -0.05) is 42.5 Å². The van der Waals surface area contributed by atoms with Crippen LogP contribution in [0.25, 0.3) is 43.6 Å². The summed E-state index contributed by atoms with van der Waals surface area (Å²) in [5, 5.41) is 24.2. The Kier molecular flexibility index (Phi) is 9.43. The lowest BCUT2D eigenvalue weighted by atomic mass is 9.96. The van der Waals surface area contributed by atoms with Gasteiger partial charge in [-0.2, -0.15) is 0 Å². The summed E-state index contributed by atoms with van der Waals surface area (Å²) in [6, 6.07) is 18.8. The highest BCUT2D eigenvalue weighted by Crippen LogP contribution is 2.64. The van der Waals surface area contributed by atoms with Crippen LogP contribution in [0.15, 0.2) is 66.7 Å². The second-order valence-electron chi connectivity index (χ2n) is 18.2. The van der Waals surface area contributed by atoms with E-state index in [0.29, 0.717) is 18.5 Å². The quantitative estimate of drug-likeness (QED) is 0.108. The zero-order valence-electron chi connectivity index (χ0n) is 36.6. The standard InChI is InChI=1S/C49H47N7O10/c1-48-24-49(48,65-3)33(22-37(60)54-29-13-6-4-10-25(29)40-41-28(23-51-45(41)62)38-26-11-5-7-14-30(26)56(48)43(38)42(40)54)53(2)36(59)17-9-16-34(57)50-20-21-66-32-15-8-12-27-39(32)47(64)55(46(27)63)31-18-19-35(58)52-44(31)61/h4-8,10-15,31,33,37,60H,9,16-24H2,1-3H3,(H,50,57)(H,51,62)(H,52,58,61)/t31?,33-,37-,48+,49+/m1/s1. The highest BCUT2D eigenvalue weighted by atomic mass is 16.5. The SMILES string of the molecule is CO[C@]12C[C@]1(C)n1c3ccccc3c3c4c(c5c6ccccc6n(c5c31)[C@H](O)C[C@H]2N(C)C(=O)CCCC(=O)NCCOc1cccc2c1C(=O)N(C1CCC(=O)NC1=O)C2=O)C(=O)NC4. The van der Waals surface area contributed by atoms with Gasteiger partial charge in [0.2, 0.25) is 23.6 Å². The number of aliphatic hydroxyl groups is 1. The molecule has 0 bridgehead atoms. The maximum Gasteiger partial charge on any atom is 0.266 e. The molecule has 5 atom stereocenters. The third kappa shape index (κ3) is 5.74. The van der Waals surface area contributed by atoms with Crippen LogP contribution in [0.1, 0.15) is 94.7 Å². The third-order valence-electron chi connectivity index (χ3n) is 14.8. The smallest absolute Gasteiger partial charge is 0.266 e. The Morgan fingerprint density at radius 2 is 1.65 bits per heavy atom. The number of hydrogen-bond acceptors (Lipinski definition) is 10. The molecule has 0 radical (unpaired) electrons. The molecule has 6 aromatic rings. The number of hydrogen-bond donors (Lipinski definition) is 4. The maximum absolute atomic E-state index is 14.2. The Bertz CT molecular complexity index is 3190. The predicted octanol–water partition coefficient (Wildman–Crippen LogP) is 4.14. The Morgan fingerprint density at radius 1 is 0.909 bits per heavy atom. The van der Waals surface area contributed by atoms with Crippen molar-refractivity contribution in [2.45, 2.75) is 87.9 Å². The molecule has 5 aliphatic rings. The van der Waals surface area contributed by atoms with Crippen molar-refractivity contribution in [3.63, 3.8) is 0 Å². The second-order valence-corrected chi connectivity index (χ2v) is 18.2. The molecule has 17 heteroatoms. The van der Waals surface area contributed by atoms with E-state index < -0.39 is 53.1 Å². The number of piperidine rings is 1. The van der Waals surface area contributed by atoms with Crippen LogP contribution < -0.4 is 20.7 Å². The molecule has 17 nitrogen and oxygen atoms in total. The summed E-state index contributed by atoms with van der Waals surface area (Å²) in [5.74, 6) is -3.06. The molecule has 338 valence electrons. The molecule has 0 spiro atoms. The second kappa shape index (κ2) is 15.0. The van der Waals surface area contributed by atoms with Gasteiger partial charge in [0.15, 0.2) is 0 Å². The molecular weight excluding hydrogens is 847 g/mol. The molecule has 1 unspecified atom stereocenters. The fraction of sp³-hybridized carbons (Fsp3) is 0.367. The van der Waals surface area contributed by atoms with Crippen LogP contribution >= 0.6 is 0 Å². The van der Waals surface area contributed by atoms with Gasteiger partial charge in [-0.15, -0.1) is 0 Å². The average Bonchev–Trinajstić information content (AvgIpc) is 3.68. The lowest BCUT2D eigenvalue weighted by Crippen LogP contribution is -2.54. The fourth-order valence-corrected chi connectivity index (χ4v) is 11.7. The number of aliphatic hydroxyl groups excluding tert-OH is 1. The Hall–Kier alpha value is -7.11. The van der Waals surface area contributed by atoms with Crippen molar-refractivity contribution in [3.8, 4) is 5.75 Å². The summed E-state index contributed by atoms with van der Waals surface area (Å²) in [7, 11) is 3.39. The first-order valence-electron chi connectivity index (χ1n) is 22.3. The number of ether oxygens (including phenoxy) is 2. The number of para-hydroxylation sites is 2. The molecule has 66 heavy (non-hydrogen) atoms. The lowest BCUT2D eigenvalue weighted by Gasteiger charge is -2.38. The molecular formula is C49H47N7O10. The number of amides is 7. The molecule has 2 fully saturated rings. The minimum Gasteiger partial charge on any atom is -0.491 e. The summed E-state index contributed by atoms with van der Waals surface area (Å²) in [6.45, 7) is 2.57. The van der Waals surface area contributed by atoms with Gasteiger partial charge in [-0.05, 0) is 49.6 Å². The molecule has 7 amide bonds. The molecule has 11 rings (SSSR count). The van der Waals surface area contributed by atoms with Gasteiger partial charge in [0.1, 0.15) is 30.2 Å². The zero-order valence-corrected chi connectivity index (χ0v) is 36.6. The number of carbonyl (C=O) groups is 7. The van der Waals surface area contributed by atoms with E-state index in [4.69, 9.17) is 9.47 Å². The summed E-state index contributed by atoms with van der Waals surface area (Å²) in [5.41, 5.74) is 3.48. The molecule has 4 N–H and O–H groups in total. The van der Waals surface area contributed by atoms with Gasteiger partial charge >= 0.3 is 0 Å². The molecule has 1 saturated heterocycles. The number of aromatic nitrogens is 2. The van der Waals surface area contributed by atoms with Gasteiger partial charge in [0.25, 0.3) is 17.7 Å². The highest BCUT2D eigenvalue weighted by Gasteiger charge is 2.72. The largest absolute Gasteiger partial charge is 0.491 e. The summed E-state index contributed by atoms with van der Waals surface area (Å²) in [4.78, 5) is 94.3. The van der Waals surface area contributed by atoms with Crippen molar-refractivity contribution in [2.75, 3.05) is 27.3 Å². The van der Waals surface area contributed by atoms with Gasteiger partial charge < -0.3 is 39.2 Å². The number of nitrogens with one attached hydrogen (secondary N) is 3. The van der Waals surface area contributed by atoms with Gasteiger partial charge in [0, 0.05) is 79.9 Å². The first kappa shape index (κ1) is 41.6. The summed E-state index contributed by atoms with van der Waals surface area (Å²) in [6.07, 6.45) is -0.0688. The minimum atomic E-state index is -1.12. The molecule has 6 heterocycles. The minimum absolute atomic E-state index is 0.00186. The molecule has 4 aliphatic heterocycles. The van der Waals surface area contributed by atoms with Crippen molar-refractivity contribution < 1.29 is 48.1 Å². The van der Waals surface area contributed by atoms with Crippen molar-refractivity contribution in [2.24, 2.45) is 0 Å². The van der Waals surface area contributed by atoms with E-state index in [1.807, 2.05) is 41.0 Å². The van der Waals surface area contributed by atoms with Crippen LogP contribution in [0.5, 0.6) is 5.75 Å². The average molecular weight is 894 g/mol. The van der Waals surface area contributed by atoms with E-state index in [9.17, 15) is 38.7 Å². The monoisotopic (exact) mass is 893 g/mol. The number of likely N-dealkylation sites (N-methyl/N-ethyl adjacent to an activating group) is 1. The van der Waals surface area contributed by atoms with Crippen LogP contribution in [-0.2, 0) is 36.0 Å². The van der Waals surface area contributed by atoms with Gasteiger partial charge in [0.05, 0.1) is 51.4 Å². The number of carbonyl (C=O) groups excluding carboxylic acids is 7. The molecule has 4 aromatic carbocycles. The lowest BCUT2D eigenvalue weighted by molar-refractivity contribution is -0.139. The first-order valence-corrected chi connectivity index (χ1v) is 22.3. The van der Waals surface area contributed by atoms with Gasteiger partial charge in [-0.25, -0.2) is 0 Å². The summed E-state index contributed by atoms with van der Waals surface area (Å²) >= 11 is 0. The number of nitrogens with zero attached hydrogens (tertiary/aromatic N) is 4. The topological polar surface area (TPSA) is 211 Å².